The molecular formula is C11H16N2O2. The van der Waals surface area contributed by atoms with E-state index in [9.17, 15) is 4.79 Å². The lowest BCUT2D eigenvalue weighted by Crippen LogP contribution is -1.82. The lowest BCUT2D eigenvalue weighted by atomic mass is 10.4. The average molecular weight is 208 g/mol. The summed E-state index contributed by atoms with van der Waals surface area (Å²) in [5.41, 5.74) is 3.25. The summed E-state index contributed by atoms with van der Waals surface area (Å²) in [4.78, 5) is 16.8. The number of nitrogens with one attached hydrogen (secondary N) is 1. The highest BCUT2D eigenvalue weighted by atomic mass is 16.4. The molecule has 0 aliphatic heterocycles. The first-order valence-electron chi connectivity index (χ1n) is 4.75. The standard InChI is InChI=1S/C7H12N2.C4H4O2/c1-3-6-5-8-7(4-2)9-6;1-2-3-4(5)6/h5H,3-4H2,1-2H3,(H,8,9);3H,1H2,(H,5,6). The first-order valence-corrected chi connectivity index (χ1v) is 4.75. The zero-order valence-electron chi connectivity index (χ0n) is 9.08. The van der Waals surface area contributed by atoms with E-state index in [1.807, 2.05) is 6.20 Å². The summed E-state index contributed by atoms with van der Waals surface area (Å²) in [6, 6.07) is 0. The van der Waals surface area contributed by atoms with Crippen LogP contribution in [0.15, 0.2) is 24.6 Å². The van der Waals surface area contributed by atoms with Gasteiger partial charge in [-0.05, 0) is 6.42 Å². The van der Waals surface area contributed by atoms with E-state index in [2.05, 4.69) is 36.1 Å². The smallest absolute Gasteiger partial charge is 0.336 e. The third-order valence-electron chi connectivity index (χ3n) is 1.61. The van der Waals surface area contributed by atoms with E-state index in [-0.39, 0.29) is 0 Å². The molecule has 2 N–H and O–H groups in total. The second-order valence-corrected chi connectivity index (χ2v) is 2.73. The minimum atomic E-state index is -1.01. The maximum Gasteiger partial charge on any atom is 0.336 e. The van der Waals surface area contributed by atoms with Crippen molar-refractivity contribution in [2.45, 2.75) is 26.7 Å². The predicted octanol–water partition coefficient (Wildman–Crippen LogP) is 1.95. The molecule has 82 valence electrons. The molecule has 0 amide bonds. The molecule has 1 heterocycles. The van der Waals surface area contributed by atoms with Gasteiger partial charge in [-0.15, -0.1) is 5.73 Å². The number of carboxylic acid groups (broad SMARTS) is 1. The lowest BCUT2D eigenvalue weighted by Gasteiger charge is -1.83. The third-order valence-corrected chi connectivity index (χ3v) is 1.61. The van der Waals surface area contributed by atoms with Gasteiger partial charge in [-0.2, -0.15) is 0 Å². The highest BCUT2D eigenvalue weighted by Gasteiger charge is 1.93. The molecule has 1 aromatic rings. The Kier molecular flexibility index (Phi) is 6.68. The van der Waals surface area contributed by atoms with E-state index < -0.39 is 5.97 Å². The number of aryl methyl sites for hydroxylation is 2. The van der Waals surface area contributed by atoms with Crippen LogP contribution in [0.3, 0.4) is 0 Å². The molecule has 0 bridgehead atoms. The van der Waals surface area contributed by atoms with Crippen molar-refractivity contribution < 1.29 is 9.90 Å². The van der Waals surface area contributed by atoms with Crippen molar-refractivity contribution >= 4 is 5.97 Å². The van der Waals surface area contributed by atoms with Gasteiger partial charge in [0.15, 0.2) is 0 Å². The molecule has 4 nitrogen and oxygen atoms in total. The van der Waals surface area contributed by atoms with Crippen molar-refractivity contribution in [3.05, 3.63) is 36.1 Å². The first-order chi connectivity index (χ1) is 7.13. The molecule has 0 radical (unpaired) electrons. The van der Waals surface area contributed by atoms with Crippen molar-refractivity contribution in [2.24, 2.45) is 0 Å². The van der Waals surface area contributed by atoms with Gasteiger partial charge in [-0.25, -0.2) is 9.78 Å². The average Bonchev–Trinajstić information content (AvgIpc) is 2.66. The predicted molar refractivity (Wildman–Crippen MR) is 58.7 cm³/mol. The largest absolute Gasteiger partial charge is 0.478 e. The van der Waals surface area contributed by atoms with Gasteiger partial charge in [0.25, 0.3) is 0 Å². The molecule has 0 aliphatic rings. The highest BCUT2D eigenvalue weighted by molar-refractivity contribution is 5.79. The van der Waals surface area contributed by atoms with Crippen LogP contribution in [0.1, 0.15) is 25.4 Å². The maximum absolute atomic E-state index is 9.44. The Morgan fingerprint density at radius 3 is 2.53 bits per heavy atom. The van der Waals surface area contributed by atoms with Crippen LogP contribution in [0.4, 0.5) is 0 Å². The van der Waals surface area contributed by atoms with Crippen LogP contribution in [0.2, 0.25) is 0 Å². The van der Waals surface area contributed by atoms with Gasteiger partial charge in [0.1, 0.15) is 5.82 Å². The Morgan fingerprint density at radius 1 is 1.67 bits per heavy atom. The molecule has 0 atom stereocenters. The summed E-state index contributed by atoms with van der Waals surface area (Å²) >= 11 is 0. The van der Waals surface area contributed by atoms with E-state index in [1.165, 1.54) is 0 Å². The van der Waals surface area contributed by atoms with E-state index in [0.717, 1.165) is 30.4 Å². The Morgan fingerprint density at radius 2 is 2.33 bits per heavy atom. The summed E-state index contributed by atoms with van der Waals surface area (Å²) in [6.45, 7) is 7.24. The zero-order chi connectivity index (χ0) is 11.7. The van der Waals surface area contributed by atoms with E-state index in [1.54, 1.807) is 0 Å². The number of hydrogen-bond donors (Lipinski definition) is 2. The second-order valence-electron chi connectivity index (χ2n) is 2.73. The van der Waals surface area contributed by atoms with Gasteiger partial charge < -0.3 is 10.1 Å². The minimum absolute atomic E-state index is 0.847. The number of carboxylic acids is 1. The zero-order valence-corrected chi connectivity index (χ0v) is 9.08. The fourth-order valence-electron chi connectivity index (χ4n) is 0.854. The summed E-state index contributed by atoms with van der Waals surface area (Å²) < 4.78 is 0. The Hall–Kier alpha value is -1.80. The van der Waals surface area contributed by atoms with Gasteiger partial charge >= 0.3 is 5.97 Å². The van der Waals surface area contributed by atoms with Gasteiger partial charge in [0.2, 0.25) is 0 Å². The van der Waals surface area contributed by atoms with E-state index in [0.29, 0.717) is 0 Å². The quantitative estimate of drug-likeness (QED) is 0.589. The molecule has 15 heavy (non-hydrogen) atoms. The van der Waals surface area contributed by atoms with E-state index in [4.69, 9.17) is 5.11 Å². The van der Waals surface area contributed by atoms with Crippen LogP contribution in [-0.2, 0) is 17.6 Å². The minimum Gasteiger partial charge on any atom is -0.478 e. The SMILES string of the molecule is C=C=CC(=O)O.CCc1c[nH]c(CC)n1. The Labute approximate surface area is 89.4 Å². The van der Waals surface area contributed by atoms with Crippen molar-refractivity contribution in [3.63, 3.8) is 0 Å². The van der Waals surface area contributed by atoms with Gasteiger partial charge in [-0.3, -0.25) is 0 Å². The second kappa shape index (κ2) is 7.59. The van der Waals surface area contributed by atoms with Gasteiger partial charge in [0.05, 0.1) is 11.8 Å². The molecule has 1 aromatic heterocycles. The number of rotatable bonds is 3. The Balaban J connectivity index is 0.000000288. The number of nitrogens with zero attached hydrogens (tertiary/aromatic N) is 1. The van der Waals surface area contributed by atoms with Crippen molar-refractivity contribution in [1.82, 2.24) is 9.97 Å². The van der Waals surface area contributed by atoms with Crippen molar-refractivity contribution in [3.8, 4) is 0 Å². The van der Waals surface area contributed by atoms with Crippen LogP contribution in [-0.4, -0.2) is 21.0 Å². The van der Waals surface area contributed by atoms with Crippen LogP contribution in [0.5, 0.6) is 0 Å². The summed E-state index contributed by atoms with van der Waals surface area (Å²) in [7, 11) is 0. The summed E-state index contributed by atoms with van der Waals surface area (Å²) in [5, 5.41) is 7.76. The number of aromatic nitrogens is 2. The molecule has 4 heteroatoms. The highest BCUT2D eigenvalue weighted by Crippen LogP contribution is 1.96. The van der Waals surface area contributed by atoms with E-state index >= 15 is 0 Å². The van der Waals surface area contributed by atoms with Crippen LogP contribution >= 0.6 is 0 Å². The normalized spacial score (nSPS) is 8.40. The number of aromatic amines is 1. The third kappa shape index (κ3) is 6.29. The van der Waals surface area contributed by atoms with Crippen molar-refractivity contribution in [2.75, 3.05) is 0 Å². The molecule has 0 aliphatic carbocycles. The molecule has 0 saturated heterocycles. The molecule has 0 saturated carbocycles. The monoisotopic (exact) mass is 208 g/mol. The summed E-state index contributed by atoms with van der Waals surface area (Å²) in [5.74, 6) is 0.0804. The Bertz CT molecular complexity index is 331. The summed E-state index contributed by atoms with van der Waals surface area (Å²) in [6.07, 6.45) is 4.84. The molecule has 0 spiro atoms. The molecule has 0 fully saturated rings. The topological polar surface area (TPSA) is 66.0 Å². The molecule has 0 unspecified atom stereocenters. The number of H-pyrrole nitrogens is 1. The van der Waals surface area contributed by atoms with Gasteiger partial charge in [-0.1, -0.05) is 20.4 Å². The number of hydrogen-bond acceptors (Lipinski definition) is 2. The maximum atomic E-state index is 9.44. The molecule has 0 aromatic carbocycles. The first kappa shape index (κ1) is 13.2. The molecular weight excluding hydrogens is 192 g/mol. The number of carbonyl (C=O) groups is 1. The fraction of sp³-hybridized carbons (Fsp3) is 0.364. The number of aliphatic carboxylic acids is 1. The molecule has 1 rings (SSSR count). The van der Waals surface area contributed by atoms with Gasteiger partial charge in [0, 0.05) is 12.6 Å². The lowest BCUT2D eigenvalue weighted by molar-refractivity contribution is -0.131. The van der Waals surface area contributed by atoms with Crippen LogP contribution in [0, 0.1) is 0 Å². The van der Waals surface area contributed by atoms with Crippen LogP contribution < -0.4 is 0 Å². The van der Waals surface area contributed by atoms with Crippen molar-refractivity contribution in [1.29, 1.82) is 0 Å². The number of imidazole rings is 1. The van der Waals surface area contributed by atoms with Crippen LogP contribution in [0.25, 0.3) is 0 Å². The fourth-order valence-corrected chi connectivity index (χ4v) is 0.854.